The van der Waals surface area contributed by atoms with E-state index < -0.39 is 0 Å². The summed E-state index contributed by atoms with van der Waals surface area (Å²) in [7, 11) is 0. The van der Waals surface area contributed by atoms with Gasteiger partial charge < -0.3 is 10.6 Å². The number of nitrogens with zero attached hydrogens (tertiary/aromatic N) is 2. The monoisotopic (exact) mass is 302 g/mol. The SMILES string of the molecule is Cc1nccc(CNC(=O)CC2CSCCN2)n1.Cl. The highest BCUT2D eigenvalue weighted by molar-refractivity contribution is 7.99. The number of hydrogen-bond acceptors (Lipinski definition) is 5. The summed E-state index contributed by atoms with van der Waals surface area (Å²) >= 11 is 1.90. The molecule has 1 saturated heterocycles. The third-order valence-corrected chi connectivity index (χ3v) is 3.86. The first-order valence-electron chi connectivity index (χ1n) is 6.10. The van der Waals surface area contributed by atoms with E-state index in [-0.39, 0.29) is 18.3 Å². The maximum atomic E-state index is 11.8. The van der Waals surface area contributed by atoms with Crippen molar-refractivity contribution < 1.29 is 4.79 Å². The quantitative estimate of drug-likeness (QED) is 0.866. The average molecular weight is 303 g/mol. The molecule has 2 heterocycles. The van der Waals surface area contributed by atoms with Gasteiger partial charge in [0.05, 0.1) is 12.2 Å². The first-order chi connectivity index (χ1) is 8.74. The highest BCUT2D eigenvalue weighted by Gasteiger charge is 2.16. The minimum atomic E-state index is 0. The van der Waals surface area contributed by atoms with Gasteiger partial charge in [-0.15, -0.1) is 12.4 Å². The summed E-state index contributed by atoms with van der Waals surface area (Å²) in [6, 6.07) is 2.12. The minimum Gasteiger partial charge on any atom is -0.350 e. The summed E-state index contributed by atoms with van der Waals surface area (Å²) < 4.78 is 0. The molecular weight excluding hydrogens is 284 g/mol. The summed E-state index contributed by atoms with van der Waals surface area (Å²) in [5.41, 5.74) is 0.849. The number of amides is 1. The van der Waals surface area contributed by atoms with Gasteiger partial charge in [0.15, 0.2) is 0 Å². The Hall–Kier alpha value is -0.850. The molecule has 0 saturated carbocycles. The summed E-state index contributed by atoms with van der Waals surface area (Å²) in [5.74, 6) is 2.96. The predicted octanol–water partition coefficient (Wildman–Crippen LogP) is 0.918. The standard InChI is InChI=1S/C12H18N4OS.ClH/c1-9-13-3-2-10(16-9)7-15-12(17)6-11-8-18-5-4-14-11;/h2-3,11,14H,4-8H2,1H3,(H,15,17);1H. The second-order valence-corrected chi connectivity index (χ2v) is 5.45. The van der Waals surface area contributed by atoms with Crippen LogP contribution in [0.2, 0.25) is 0 Å². The van der Waals surface area contributed by atoms with Crippen molar-refractivity contribution in [2.75, 3.05) is 18.1 Å². The van der Waals surface area contributed by atoms with E-state index in [2.05, 4.69) is 20.6 Å². The van der Waals surface area contributed by atoms with Crippen LogP contribution in [0.5, 0.6) is 0 Å². The summed E-state index contributed by atoms with van der Waals surface area (Å²) in [4.78, 5) is 20.0. The minimum absolute atomic E-state index is 0. The Morgan fingerprint density at radius 2 is 2.47 bits per heavy atom. The zero-order chi connectivity index (χ0) is 12.8. The Balaban J connectivity index is 0.00000180. The lowest BCUT2D eigenvalue weighted by Gasteiger charge is -2.22. The van der Waals surface area contributed by atoms with Crippen LogP contribution in [-0.2, 0) is 11.3 Å². The summed E-state index contributed by atoms with van der Waals surface area (Å²) in [6.07, 6.45) is 2.25. The largest absolute Gasteiger partial charge is 0.350 e. The van der Waals surface area contributed by atoms with Gasteiger partial charge in [-0.1, -0.05) is 0 Å². The Morgan fingerprint density at radius 3 is 3.16 bits per heavy atom. The van der Waals surface area contributed by atoms with Crippen molar-refractivity contribution in [3.8, 4) is 0 Å². The van der Waals surface area contributed by atoms with Crippen molar-refractivity contribution in [1.82, 2.24) is 20.6 Å². The molecule has 7 heteroatoms. The molecular formula is C12H19ClN4OS. The van der Waals surface area contributed by atoms with E-state index in [0.717, 1.165) is 29.6 Å². The zero-order valence-electron chi connectivity index (χ0n) is 10.9. The van der Waals surface area contributed by atoms with E-state index in [1.807, 2.05) is 24.8 Å². The Bertz CT molecular complexity index is 412. The number of aromatic nitrogens is 2. The highest BCUT2D eigenvalue weighted by atomic mass is 35.5. The van der Waals surface area contributed by atoms with Crippen molar-refractivity contribution in [2.45, 2.75) is 25.9 Å². The first kappa shape index (κ1) is 16.2. The molecule has 0 radical (unpaired) electrons. The number of carbonyl (C=O) groups excluding carboxylic acids is 1. The van der Waals surface area contributed by atoms with Crippen molar-refractivity contribution in [3.05, 3.63) is 23.8 Å². The second-order valence-electron chi connectivity index (χ2n) is 4.30. The number of carbonyl (C=O) groups is 1. The highest BCUT2D eigenvalue weighted by Crippen LogP contribution is 2.10. The van der Waals surface area contributed by atoms with Gasteiger partial charge in [0.1, 0.15) is 5.82 Å². The molecule has 2 rings (SSSR count). The molecule has 19 heavy (non-hydrogen) atoms. The van der Waals surface area contributed by atoms with Crippen LogP contribution in [0, 0.1) is 6.92 Å². The van der Waals surface area contributed by atoms with Crippen LogP contribution in [0.3, 0.4) is 0 Å². The molecule has 1 amide bonds. The van der Waals surface area contributed by atoms with Gasteiger partial charge in [0.25, 0.3) is 0 Å². The number of rotatable bonds is 4. The molecule has 2 N–H and O–H groups in total. The molecule has 106 valence electrons. The molecule has 1 atom stereocenters. The van der Waals surface area contributed by atoms with Gasteiger partial charge >= 0.3 is 0 Å². The van der Waals surface area contributed by atoms with Crippen LogP contribution in [-0.4, -0.2) is 40.0 Å². The molecule has 1 unspecified atom stereocenters. The molecule has 1 fully saturated rings. The van der Waals surface area contributed by atoms with Gasteiger partial charge in [-0.3, -0.25) is 4.79 Å². The van der Waals surface area contributed by atoms with Crippen LogP contribution < -0.4 is 10.6 Å². The fraction of sp³-hybridized carbons (Fsp3) is 0.583. The van der Waals surface area contributed by atoms with E-state index in [0.29, 0.717) is 19.0 Å². The molecule has 1 aromatic rings. The molecule has 1 aliphatic heterocycles. The number of hydrogen-bond donors (Lipinski definition) is 2. The van der Waals surface area contributed by atoms with E-state index >= 15 is 0 Å². The molecule has 1 aliphatic rings. The average Bonchev–Trinajstić information content (AvgIpc) is 2.38. The van der Waals surface area contributed by atoms with Gasteiger partial charge in [0, 0.05) is 36.7 Å². The van der Waals surface area contributed by atoms with Gasteiger partial charge in [-0.2, -0.15) is 11.8 Å². The van der Waals surface area contributed by atoms with Crippen molar-refractivity contribution in [2.24, 2.45) is 0 Å². The van der Waals surface area contributed by atoms with Crippen LogP contribution in [0.1, 0.15) is 17.9 Å². The molecule has 1 aromatic heterocycles. The molecule has 0 aliphatic carbocycles. The van der Waals surface area contributed by atoms with Gasteiger partial charge in [0.2, 0.25) is 5.91 Å². The smallest absolute Gasteiger partial charge is 0.221 e. The van der Waals surface area contributed by atoms with Crippen molar-refractivity contribution in [1.29, 1.82) is 0 Å². The van der Waals surface area contributed by atoms with E-state index in [4.69, 9.17) is 0 Å². The van der Waals surface area contributed by atoms with Crippen molar-refractivity contribution in [3.63, 3.8) is 0 Å². The fourth-order valence-corrected chi connectivity index (χ4v) is 2.79. The van der Waals surface area contributed by atoms with E-state index in [1.54, 1.807) is 6.20 Å². The lowest BCUT2D eigenvalue weighted by Crippen LogP contribution is -2.41. The lowest BCUT2D eigenvalue weighted by atomic mass is 10.2. The normalized spacial score (nSPS) is 18.5. The molecule has 0 bridgehead atoms. The van der Waals surface area contributed by atoms with Crippen molar-refractivity contribution >= 4 is 30.1 Å². The Labute approximate surface area is 123 Å². The lowest BCUT2D eigenvalue weighted by molar-refractivity contribution is -0.121. The first-order valence-corrected chi connectivity index (χ1v) is 7.26. The maximum Gasteiger partial charge on any atom is 0.221 e. The third-order valence-electron chi connectivity index (χ3n) is 2.73. The number of aryl methyl sites for hydroxylation is 1. The Morgan fingerprint density at radius 1 is 1.63 bits per heavy atom. The predicted molar refractivity (Wildman–Crippen MR) is 79.6 cm³/mol. The summed E-state index contributed by atoms with van der Waals surface area (Å²) in [6.45, 7) is 3.31. The Kier molecular flexibility index (Phi) is 7.12. The zero-order valence-corrected chi connectivity index (χ0v) is 12.5. The molecule has 5 nitrogen and oxygen atoms in total. The van der Waals surface area contributed by atoms with E-state index in [1.165, 1.54) is 0 Å². The van der Waals surface area contributed by atoms with Crippen LogP contribution in [0.4, 0.5) is 0 Å². The number of thioether (sulfide) groups is 1. The fourth-order valence-electron chi connectivity index (χ4n) is 1.84. The number of halogens is 1. The van der Waals surface area contributed by atoms with Crippen LogP contribution >= 0.6 is 24.2 Å². The molecule has 0 aromatic carbocycles. The second kappa shape index (κ2) is 8.35. The van der Waals surface area contributed by atoms with Gasteiger partial charge in [-0.25, -0.2) is 9.97 Å². The molecule has 0 spiro atoms. The van der Waals surface area contributed by atoms with Crippen LogP contribution in [0.15, 0.2) is 12.3 Å². The number of nitrogens with one attached hydrogen (secondary N) is 2. The van der Waals surface area contributed by atoms with E-state index in [9.17, 15) is 4.79 Å². The van der Waals surface area contributed by atoms with Gasteiger partial charge in [-0.05, 0) is 13.0 Å². The van der Waals surface area contributed by atoms with Crippen LogP contribution in [0.25, 0.3) is 0 Å². The maximum absolute atomic E-state index is 11.8. The third kappa shape index (κ3) is 5.76. The topological polar surface area (TPSA) is 66.9 Å². The summed E-state index contributed by atoms with van der Waals surface area (Å²) in [5, 5.41) is 6.24.